The average Bonchev–Trinajstić information content (AvgIpc) is 3.22. The Bertz CT molecular complexity index is 989. The summed E-state index contributed by atoms with van der Waals surface area (Å²) in [4.78, 5) is 20.0. The molecule has 1 saturated carbocycles. The van der Waals surface area contributed by atoms with Gasteiger partial charge in [-0.15, -0.1) is 0 Å². The van der Waals surface area contributed by atoms with Crippen molar-refractivity contribution in [3.8, 4) is 11.1 Å². The smallest absolute Gasteiger partial charge is 0.253 e. The van der Waals surface area contributed by atoms with E-state index in [1.165, 1.54) is 17.7 Å². The van der Waals surface area contributed by atoms with Gasteiger partial charge in [-0.05, 0) is 79.8 Å². The third kappa shape index (κ3) is 4.56. The Balaban J connectivity index is 1.33. The number of pyridine rings is 1. The van der Waals surface area contributed by atoms with Gasteiger partial charge < -0.3 is 10.3 Å². The lowest BCUT2D eigenvalue weighted by Gasteiger charge is -2.29. The largest absolute Gasteiger partial charge is 0.366 e. The Morgan fingerprint density at radius 2 is 2.00 bits per heavy atom. The van der Waals surface area contributed by atoms with Crippen molar-refractivity contribution in [3.05, 3.63) is 77.6 Å². The molecule has 2 heterocycles. The highest BCUT2D eigenvalue weighted by Gasteiger charge is 2.23. The lowest BCUT2D eigenvalue weighted by molar-refractivity contribution is 0.0943. The maximum atomic E-state index is 13.5. The van der Waals surface area contributed by atoms with Crippen LogP contribution in [0.15, 0.2) is 55.0 Å². The van der Waals surface area contributed by atoms with Crippen LogP contribution in [0, 0.1) is 18.7 Å². The molecule has 0 radical (unpaired) electrons. The van der Waals surface area contributed by atoms with Gasteiger partial charge in [0, 0.05) is 36.4 Å². The van der Waals surface area contributed by atoms with E-state index >= 15 is 0 Å². The number of amides is 1. The molecule has 4 nitrogen and oxygen atoms in total. The van der Waals surface area contributed by atoms with Crippen molar-refractivity contribution in [2.75, 3.05) is 6.54 Å². The highest BCUT2D eigenvalue weighted by Crippen LogP contribution is 2.35. The van der Waals surface area contributed by atoms with E-state index in [0.717, 1.165) is 36.9 Å². The van der Waals surface area contributed by atoms with E-state index in [1.807, 2.05) is 19.2 Å². The summed E-state index contributed by atoms with van der Waals surface area (Å²) in [5.41, 5.74) is 4.42. The molecule has 0 atom stereocenters. The molecule has 3 aromatic rings. The summed E-state index contributed by atoms with van der Waals surface area (Å²) in [5.74, 6) is 0.663. The molecule has 5 heteroatoms. The Labute approximate surface area is 170 Å². The van der Waals surface area contributed by atoms with Crippen LogP contribution in [0.5, 0.6) is 0 Å². The first-order valence-corrected chi connectivity index (χ1v) is 10.2. The van der Waals surface area contributed by atoms with Gasteiger partial charge in [0.1, 0.15) is 5.82 Å². The number of aryl methyl sites for hydroxylation is 1. The zero-order valence-corrected chi connectivity index (χ0v) is 16.6. The number of aromatic nitrogens is 2. The van der Waals surface area contributed by atoms with Gasteiger partial charge in [0.2, 0.25) is 0 Å². The van der Waals surface area contributed by atoms with Gasteiger partial charge in [0.05, 0.1) is 5.56 Å². The Morgan fingerprint density at radius 3 is 2.76 bits per heavy atom. The first kappa shape index (κ1) is 19.4. The van der Waals surface area contributed by atoms with Crippen LogP contribution in [0.25, 0.3) is 11.1 Å². The average molecular weight is 391 g/mol. The highest BCUT2D eigenvalue weighted by atomic mass is 19.1. The second-order valence-electron chi connectivity index (χ2n) is 7.95. The summed E-state index contributed by atoms with van der Waals surface area (Å²) in [6.07, 6.45) is 9.81. The molecule has 1 aromatic carbocycles. The predicted octanol–water partition coefficient (Wildman–Crippen LogP) is 5.23. The van der Waals surface area contributed by atoms with Crippen LogP contribution >= 0.6 is 0 Å². The van der Waals surface area contributed by atoms with Crippen molar-refractivity contribution in [2.24, 2.45) is 5.92 Å². The molecule has 2 aromatic heterocycles. The molecule has 0 unspecified atom stereocenters. The normalized spacial score (nSPS) is 19.1. The number of hydrogen-bond donors (Lipinski definition) is 2. The molecule has 150 valence electrons. The molecular formula is C24H26FN3O. The Kier molecular flexibility index (Phi) is 5.74. The first-order valence-electron chi connectivity index (χ1n) is 10.2. The van der Waals surface area contributed by atoms with Gasteiger partial charge in [-0.2, -0.15) is 0 Å². The number of carbonyl (C=O) groups excluding carboxylic acids is 1. The number of hydrogen-bond acceptors (Lipinski definition) is 2. The Hall–Kier alpha value is -2.95. The number of rotatable bonds is 5. The number of aromatic amines is 1. The fraction of sp³-hybridized carbons (Fsp3) is 0.333. The number of H-pyrrole nitrogens is 1. The maximum Gasteiger partial charge on any atom is 0.253 e. The maximum absolute atomic E-state index is 13.5. The van der Waals surface area contributed by atoms with Gasteiger partial charge in [-0.3, -0.25) is 9.78 Å². The Morgan fingerprint density at radius 1 is 1.17 bits per heavy atom. The van der Waals surface area contributed by atoms with Crippen LogP contribution < -0.4 is 5.32 Å². The molecule has 1 aliphatic carbocycles. The number of benzene rings is 1. The van der Waals surface area contributed by atoms with Crippen molar-refractivity contribution in [2.45, 2.75) is 38.5 Å². The monoisotopic (exact) mass is 391 g/mol. The lowest BCUT2D eigenvalue weighted by Crippen LogP contribution is -2.31. The quantitative estimate of drug-likeness (QED) is 0.626. The topological polar surface area (TPSA) is 57.8 Å². The van der Waals surface area contributed by atoms with Crippen LogP contribution in [0.3, 0.4) is 0 Å². The van der Waals surface area contributed by atoms with Gasteiger partial charge in [-0.1, -0.05) is 12.1 Å². The molecule has 29 heavy (non-hydrogen) atoms. The van der Waals surface area contributed by atoms with Crippen LogP contribution in [0.1, 0.15) is 53.2 Å². The minimum absolute atomic E-state index is 0.114. The minimum atomic E-state index is -0.309. The van der Waals surface area contributed by atoms with E-state index in [4.69, 9.17) is 0 Å². The van der Waals surface area contributed by atoms with Gasteiger partial charge in [0.25, 0.3) is 5.91 Å². The third-order valence-electron chi connectivity index (χ3n) is 5.92. The first-order chi connectivity index (χ1) is 14.1. The zero-order valence-electron chi connectivity index (χ0n) is 16.6. The van der Waals surface area contributed by atoms with E-state index in [-0.39, 0.29) is 11.7 Å². The number of halogens is 1. The summed E-state index contributed by atoms with van der Waals surface area (Å²) in [6.45, 7) is 2.71. The molecule has 0 bridgehead atoms. The second kappa shape index (κ2) is 8.60. The summed E-state index contributed by atoms with van der Waals surface area (Å²) >= 11 is 0. The van der Waals surface area contributed by atoms with E-state index < -0.39 is 0 Å². The molecule has 2 N–H and O–H groups in total. The van der Waals surface area contributed by atoms with Gasteiger partial charge in [-0.25, -0.2) is 4.39 Å². The number of nitrogens with one attached hydrogen (secondary N) is 2. The molecule has 4 rings (SSSR count). The fourth-order valence-corrected chi connectivity index (χ4v) is 4.30. The predicted molar refractivity (Wildman–Crippen MR) is 112 cm³/mol. The number of nitrogens with zero attached hydrogens (tertiary/aromatic N) is 1. The molecule has 0 aliphatic heterocycles. The molecule has 1 aliphatic rings. The summed E-state index contributed by atoms with van der Waals surface area (Å²) in [5, 5.41) is 3.08. The minimum Gasteiger partial charge on any atom is -0.366 e. The van der Waals surface area contributed by atoms with Crippen LogP contribution in [0.4, 0.5) is 4.39 Å². The molecule has 0 saturated heterocycles. The number of carbonyl (C=O) groups is 1. The van der Waals surface area contributed by atoms with E-state index in [0.29, 0.717) is 29.5 Å². The molecule has 0 spiro atoms. The van der Waals surface area contributed by atoms with Crippen molar-refractivity contribution in [1.82, 2.24) is 15.3 Å². The van der Waals surface area contributed by atoms with E-state index in [9.17, 15) is 9.18 Å². The van der Waals surface area contributed by atoms with Crippen molar-refractivity contribution < 1.29 is 9.18 Å². The van der Waals surface area contributed by atoms with Crippen molar-refractivity contribution in [1.29, 1.82) is 0 Å². The third-order valence-corrected chi connectivity index (χ3v) is 5.92. The standard InChI is InChI=1S/C24H26FN3O/c1-16-11-19(9-10-27-16)18-7-5-17(6-8-18)13-28-24(29)23-15-26-14-22(23)20-3-2-4-21(25)12-20/h2-4,9-12,14-15,17-18,26H,5-8,13H2,1H3,(H,28,29). The van der Waals surface area contributed by atoms with Crippen LogP contribution in [0.2, 0.25) is 0 Å². The van der Waals surface area contributed by atoms with Crippen LogP contribution in [-0.4, -0.2) is 22.4 Å². The molecule has 1 amide bonds. The van der Waals surface area contributed by atoms with E-state index in [2.05, 4.69) is 27.4 Å². The van der Waals surface area contributed by atoms with Gasteiger partial charge >= 0.3 is 0 Å². The second-order valence-corrected chi connectivity index (χ2v) is 7.95. The summed E-state index contributed by atoms with van der Waals surface area (Å²) in [6, 6.07) is 10.6. The summed E-state index contributed by atoms with van der Waals surface area (Å²) < 4.78 is 13.5. The molecule has 1 fully saturated rings. The molecular weight excluding hydrogens is 365 g/mol. The van der Waals surface area contributed by atoms with Crippen molar-refractivity contribution in [3.63, 3.8) is 0 Å². The fourth-order valence-electron chi connectivity index (χ4n) is 4.30. The highest BCUT2D eigenvalue weighted by molar-refractivity contribution is 6.00. The summed E-state index contributed by atoms with van der Waals surface area (Å²) in [7, 11) is 0. The zero-order chi connectivity index (χ0) is 20.2. The lowest BCUT2D eigenvalue weighted by atomic mass is 9.79. The van der Waals surface area contributed by atoms with Crippen molar-refractivity contribution >= 4 is 5.91 Å². The van der Waals surface area contributed by atoms with Gasteiger partial charge in [0.15, 0.2) is 0 Å². The SMILES string of the molecule is Cc1cc(C2CCC(CNC(=O)c3c[nH]cc3-c3cccc(F)c3)CC2)ccn1. The van der Waals surface area contributed by atoms with Crippen LogP contribution in [-0.2, 0) is 0 Å². The van der Waals surface area contributed by atoms with E-state index in [1.54, 1.807) is 18.5 Å².